The Morgan fingerprint density at radius 1 is 1.05 bits per heavy atom. The van der Waals surface area contributed by atoms with Gasteiger partial charge in [-0.05, 0) is 88.1 Å². The Balaban J connectivity index is 1.36. The Bertz CT molecular complexity index is 1250. The van der Waals surface area contributed by atoms with Gasteiger partial charge in [0.05, 0.1) is 6.61 Å². The van der Waals surface area contributed by atoms with Crippen LogP contribution in [0, 0.1) is 5.92 Å². The van der Waals surface area contributed by atoms with Gasteiger partial charge in [-0.25, -0.2) is 13.2 Å². The highest BCUT2D eigenvalue weighted by molar-refractivity contribution is 7.92. The number of nitrogens with one attached hydrogen (secondary N) is 1. The first-order valence-corrected chi connectivity index (χ1v) is 15.6. The van der Waals surface area contributed by atoms with Crippen molar-refractivity contribution in [3.05, 3.63) is 71.1 Å². The van der Waals surface area contributed by atoms with E-state index in [1.165, 1.54) is 6.08 Å². The molecule has 1 heterocycles. The van der Waals surface area contributed by atoms with Crippen LogP contribution in [0.5, 0.6) is 5.75 Å². The molecule has 1 amide bonds. The maximum absolute atomic E-state index is 12.4. The fraction of sp³-hybridized carbons (Fsp3) is 0.484. The lowest BCUT2D eigenvalue weighted by molar-refractivity contribution is -0.138. The van der Waals surface area contributed by atoms with Gasteiger partial charge in [0.15, 0.2) is 0 Å². The van der Waals surface area contributed by atoms with Gasteiger partial charge in [-0.3, -0.25) is 4.79 Å². The molecule has 0 radical (unpaired) electrons. The fourth-order valence-corrected chi connectivity index (χ4v) is 5.56. The van der Waals surface area contributed by atoms with Crippen LogP contribution < -0.4 is 9.46 Å². The maximum atomic E-state index is 12.4. The number of aliphatic carboxylic acids is 1. The van der Waals surface area contributed by atoms with E-state index in [1.54, 1.807) is 53.4 Å². The molecule has 1 saturated heterocycles. The lowest BCUT2D eigenvalue weighted by Gasteiger charge is -2.33. The van der Waals surface area contributed by atoms with Crippen LogP contribution in [0.3, 0.4) is 0 Å². The number of ether oxygens (including phenoxy) is 2. The number of hydrogen-bond acceptors (Lipinski definition) is 6. The van der Waals surface area contributed by atoms with Crippen molar-refractivity contribution in [2.24, 2.45) is 5.92 Å². The molecule has 10 heteroatoms. The van der Waals surface area contributed by atoms with Crippen molar-refractivity contribution in [3.8, 4) is 5.75 Å². The third kappa shape index (κ3) is 11.9. The number of unbranched alkanes of at least 4 members (excludes halogenated alkanes) is 1. The number of likely N-dealkylation sites (tertiary alicyclic amines) is 1. The van der Waals surface area contributed by atoms with Gasteiger partial charge in [0.25, 0.3) is 0 Å². The number of carboxylic acid groups (broad SMARTS) is 1. The minimum Gasteiger partial charge on any atom is -0.494 e. The Labute approximate surface area is 243 Å². The molecule has 0 aliphatic carbocycles. The summed E-state index contributed by atoms with van der Waals surface area (Å²) in [6, 6.07) is 14.6. The zero-order valence-electron chi connectivity index (χ0n) is 24.1. The minimum atomic E-state index is -3.95. The molecule has 1 fully saturated rings. The smallest absolute Gasteiger partial charge is 0.410 e. The molecule has 0 spiro atoms. The molecule has 3 rings (SSSR count). The third-order valence-corrected chi connectivity index (χ3v) is 7.86. The molecule has 1 aliphatic heterocycles. The highest BCUT2D eigenvalue weighted by Gasteiger charge is 2.26. The lowest BCUT2D eigenvalue weighted by atomic mass is 9.92. The maximum Gasteiger partial charge on any atom is 0.410 e. The fourth-order valence-electron chi connectivity index (χ4n) is 4.56. The Morgan fingerprint density at radius 2 is 1.71 bits per heavy atom. The van der Waals surface area contributed by atoms with Crippen molar-refractivity contribution in [3.63, 3.8) is 0 Å². The first-order chi connectivity index (χ1) is 19.4. The van der Waals surface area contributed by atoms with Crippen LogP contribution in [0.25, 0.3) is 6.08 Å². The minimum absolute atomic E-state index is 0.000759. The van der Waals surface area contributed by atoms with E-state index < -0.39 is 27.6 Å². The topological polar surface area (TPSA) is 122 Å². The SMILES string of the molecule is CC(C)(C)OC(=O)N1CCC(CCCCOc2ccc(C[C@H](NS(=O)(=O)/C=C/c3ccccc3)C(=O)O)cc2)CC1. The third-order valence-electron chi connectivity index (χ3n) is 6.75. The molecular weight excluding hydrogens is 544 g/mol. The monoisotopic (exact) mass is 586 g/mol. The number of rotatable bonds is 13. The van der Waals surface area contributed by atoms with Crippen molar-refractivity contribution in [1.29, 1.82) is 0 Å². The second-order valence-corrected chi connectivity index (χ2v) is 13.0. The molecule has 0 saturated carbocycles. The lowest BCUT2D eigenvalue weighted by Crippen LogP contribution is -2.41. The molecule has 2 aromatic rings. The van der Waals surface area contributed by atoms with Gasteiger partial charge in [0.2, 0.25) is 10.0 Å². The van der Waals surface area contributed by atoms with Crippen LogP contribution >= 0.6 is 0 Å². The van der Waals surface area contributed by atoms with Gasteiger partial charge >= 0.3 is 12.1 Å². The predicted octanol–water partition coefficient (Wildman–Crippen LogP) is 5.47. The number of benzene rings is 2. The largest absolute Gasteiger partial charge is 0.494 e. The zero-order valence-corrected chi connectivity index (χ0v) is 24.9. The average Bonchev–Trinajstić information content (AvgIpc) is 2.92. The standard InChI is InChI=1S/C31H42N2O7S/c1-31(2,3)40-30(36)33-19-16-25(17-20-33)11-7-8-21-39-27-14-12-26(13-15-27)23-28(29(34)35)32-41(37,38)22-18-24-9-5-4-6-10-24/h4-6,9-10,12-15,18,22,25,28,32H,7-8,11,16-17,19-21,23H2,1-3H3,(H,34,35)/b22-18+/t28-/m0/s1. The quantitative estimate of drug-likeness (QED) is 0.299. The van der Waals surface area contributed by atoms with Crippen LogP contribution in [0.4, 0.5) is 4.79 Å². The number of carboxylic acids is 1. The van der Waals surface area contributed by atoms with E-state index in [4.69, 9.17) is 9.47 Å². The summed E-state index contributed by atoms with van der Waals surface area (Å²) in [5, 5.41) is 10.6. The molecular formula is C31H42N2O7S. The summed E-state index contributed by atoms with van der Waals surface area (Å²) in [7, 11) is -3.95. The Hall–Kier alpha value is -3.37. The van der Waals surface area contributed by atoms with Crippen molar-refractivity contribution in [2.75, 3.05) is 19.7 Å². The van der Waals surface area contributed by atoms with E-state index in [-0.39, 0.29) is 12.5 Å². The van der Waals surface area contributed by atoms with Gasteiger partial charge in [0.1, 0.15) is 17.4 Å². The number of amides is 1. The number of sulfonamides is 1. The van der Waals surface area contributed by atoms with E-state index in [0.717, 1.165) is 50.6 Å². The second-order valence-electron chi connectivity index (χ2n) is 11.4. The first-order valence-electron chi connectivity index (χ1n) is 14.1. The van der Waals surface area contributed by atoms with Crippen molar-refractivity contribution < 1.29 is 32.6 Å². The summed E-state index contributed by atoms with van der Waals surface area (Å²) >= 11 is 0. The van der Waals surface area contributed by atoms with Gasteiger partial charge in [0, 0.05) is 18.5 Å². The van der Waals surface area contributed by atoms with E-state index in [0.29, 0.717) is 29.4 Å². The first kappa shape index (κ1) is 32.1. The molecule has 41 heavy (non-hydrogen) atoms. The molecule has 224 valence electrons. The average molecular weight is 587 g/mol. The van der Waals surface area contributed by atoms with Crippen LogP contribution in [-0.4, -0.2) is 61.8 Å². The number of carbonyl (C=O) groups excluding carboxylic acids is 1. The summed E-state index contributed by atoms with van der Waals surface area (Å²) in [6.07, 6.45) is 6.20. The van der Waals surface area contributed by atoms with E-state index >= 15 is 0 Å². The Morgan fingerprint density at radius 3 is 2.32 bits per heavy atom. The summed E-state index contributed by atoms with van der Waals surface area (Å²) < 4.78 is 38.4. The molecule has 0 aromatic heterocycles. The summed E-state index contributed by atoms with van der Waals surface area (Å²) in [5.74, 6) is 0.0246. The molecule has 2 aromatic carbocycles. The van der Waals surface area contributed by atoms with Crippen LogP contribution in [0.1, 0.15) is 64.0 Å². The van der Waals surface area contributed by atoms with Crippen LogP contribution in [-0.2, 0) is 26.0 Å². The summed E-state index contributed by atoms with van der Waals surface area (Å²) in [4.78, 5) is 25.7. The van der Waals surface area contributed by atoms with Gasteiger partial charge in [-0.1, -0.05) is 48.9 Å². The molecule has 0 bridgehead atoms. The number of hydrogen-bond donors (Lipinski definition) is 2. The van der Waals surface area contributed by atoms with E-state index in [1.807, 2.05) is 26.8 Å². The van der Waals surface area contributed by atoms with Crippen molar-refractivity contribution >= 4 is 28.2 Å². The second kappa shape index (κ2) is 15.0. The van der Waals surface area contributed by atoms with Crippen LogP contribution in [0.15, 0.2) is 60.0 Å². The molecule has 0 unspecified atom stereocenters. The summed E-state index contributed by atoms with van der Waals surface area (Å²) in [6.45, 7) is 7.67. The van der Waals surface area contributed by atoms with E-state index in [9.17, 15) is 23.1 Å². The van der Waals surface area contributed by atoms with Gasteiger partial charge in [-0.15, -0.1) is 0 Å². The van der Waals surface area contributed by atoms with Crippen molar-refractivity contribution in [1.82, 2.24) is 9.62 Å². The highest BCUT2D eigenvalue weighted by Crippen LogP contribution is 2.24. The number of nitrogens with zero attached hydrogens (tertiary/aromatic N) is 1. The van der Waals surface area contributed by atoms with Crippen molar-refractivity contribution in [2.45, 2.75) is 70.9 Å². The number of piperidine rings is 1. The normalized spacial score (nSPS) is 15.5. The highest BCUT2D eigenvalue weighted by atomic mass is 32.2. The van der Waals surface area contributed by atoms with Crippen LogP contribution in [0.2, 0.25) is 0 Å². The number of carbonyl (C=O) groups is 2. The summed E-state index contributed by atoms with van der Waals surface area (Å²) in [5.41, 5.74) is 0.897. The zero-order chi connectivity index (χ0) is 29.9. The molecule has 1 aliphatic rings. The predicted molar refractivity (Wildman–Crippen MR) is 159 cm³/mol. The Kier molecular flexibility index (Phi) is 11.8. The van der Waals surface area contributed by atoms with Gasteiger partial charge < -0.3 is 19.5 Å². The molecule has 9 nitrogen and oxygen atoms in total. The molecule has 2 N–H and O–H groups in total. The van der Waals surface area contributed by atoms with E-state index in [2.05, 4.69) is 4.72 Å². The van der Waals surface area contributed by atoms with Gasteiger partial charge in [-0.2, -0.15) is 4.72 Å². The molecule has 1 atom stereocenters.